The van der Waals surface area contributed by atoms with Crippen molar-refractivity contribution in [3.05, 3.63) is 34.5 Å². The van der Waals surface area contributed by atoms with E-state index in [-0.39, 0.29) is 6.10 Å². The van der Waals surface area contributed by atoms with Crippen molar-refractivity contribution in [2.45, 2.75) is 45.1 Å². The summed E-state index contributed by atoms with van der Waals surface area (Å²) in [5.41, 5.74) is 1.15. The molecule has 1 atom stereocenters. The SMILES string of the molecule is C=C(CC)CC(O)CCCc1cccs1. The van der Waals surface area contributed by atoms with Gasteiger partial charge in [-0.2, -0.15) is 0 Å². The monoisotopic (exact) mass is 224 g/mol. The van der Waals surface area contributed by atoms with Gasteiger partial charge in [-0.25, -0.2) is 0 Å². The summed E-state index contributed by atoms with van der Waals surface area (Å²) in [5.74, 6) is 0. The van der Waals surface area contributed by atoms with E-state index < -0.39 is 0 Å². The van der Waals surface area contributed by atoms with E-state index in [0.717, 1.165) is 37.7 Å². The topological polar surface area (TPSA) is 20.2 Å². The zero-order valence-corrected chi connectivity index (χ0v) is 10.2. The first-order valence-corrected chi connectivity index (χ1v) is 6.47. The molecule has 1 aromatic heterocycles. The lowest BCUT2D eigenvalue weighted by Crippen LogP contribution is -2.07. The number of aliphatic hydroxyl groups is 1. The maximum atomic E-state index is 9.72. The van der Waals surface area contributed by atoms with Gasteiger partial charge >= 0.3 is 0 Å². The summed E-state index contributed by atoms with van der Waals surface area (Å²) in [6, 6.07) is 4.23. The maximum absolute atomic E-state index is 9.72. The van der Waals surface area contributed by atoms with Crippen molar-refractivity contribution < 1.29 is 5.11 Å². The van der Waals surface area contributed by atoms with Crippen molar-refractivity contribution in [1.29, 1.82) is 0 Å². The van der Waals surface area contributed by atoms with E-state index >= 15 is 0 Å². The first-order chi connectivity index (χ1) is 7.22. The highest BCUT2D eigenvalue weighted by atomic mass is 32.1. The van der Waals surface area contributed by atoms with Gasteiger partial charge < -0.3 is 5.11 Å². The predicted molar refractivity (Wildman–Crippen MR) is 67.3 cm³/mol. The van der Waals surface area contributed by atoms with Crippen molar-refractivity contribution in [3.8, 4) is 0 Å². The Morgan fingerprint density at radius 3 is 3.00 bits per heavy atom. The molecular formula is C13H20OS. The van der Waals surface area contributed by atoms with Crippen molar-refractivity contribution in [2.24, 2.45) is 0 Å². The van der Waals surface area contributed by atoms with Gasteiger partial charge in [0.1, 0.15) is 0 Å². The van der Waals surface area contributed by atoms with Gasteiger partial charge in [0.15, 0.2) is 0 Å². The Morgan fingerprint density at radius 1 is 1.60 bits per heavy atom. The molecule has 0 saturated heterocycles. The molecule has 1 heterocycles. The van der Waals surface area contributed by atoms with E-state index in [1.807, 2.05) is 0 Å². The van der Waals surface area contributed by atoms with E-state index in [4.69, 9.17) is 0 Å². The molecule has 0 radical (unpaired) electrons. The highest BCUT2D eigenvalue weighted by Gasteiger charge is 2.05. The summed E-state index contributed by atoms with van der Waals surface area (Å²) in [4.78, 5) is 1.41. The van der Waals surface area contributed by atoms with Crippen molar-refractivity contribution in [2.75, 3.05) is 0 Å². The number of rotatable bonds is 7. The van der Waals surface area contributed by atoms with Gasteiger partial charge in [0.25, 0.3) is 0 Å². The van der Waals surface area contributed by atoms with Gasteiger partial charge in [-0.15, -0.1) is 11.3 Å². The molecule has 0 fully saturated rings. The Morgan fingerprint density at radius 2 is 2.40 bits per heavy atom. The third-order valence-corrected chi connectivity index (χ3v) is 3.50. The van der Waals surface area contributed by atoms with E-state index in [1.165, 1.54) is 4.88 Å². The Hall–Kier alpha value is -0.600. The second-order valence-corrected chi connectivity index (χ2v) is 4.97. The quantitative estimate of drug-likeness (QED) is 0.699. The minimum atomic E-state index is -0.197. The van der Waals surface area contributed by atoms with Crippen LogP contribution in [0.2, 0.25) is 0 Å². The normalized spacial score (nSPS) is 12.7. The molecule has 1 N–H and O–H groups in total. The minimum Gasteiger partial charge on any atom is -0.393 e. The molecule has 1 unspecified atom stereocenters. The Labute approximate surface area is 96.5 Å². The van der Waals surface area contributed by atoms with E-state index in [9.17, 15) is 5.11 Å². The summed E-state index contributed by atoms with van der Waals surface area (Å²) in [7, 11) is 0. The molecule has 0 bridgehead atoms. The number of aliphatic hydroxyl groups excluding tert-OH is 1. The van der Waals surface area contributed by atoms with Gasteiger partial charge in [-0.3, -0.25) is 0 Å². The van der Waals surface area contributed by atoms with E-state index in [0.29, 0.717) is 0 Å². The first-order valence-electron chi connectivity index (χ1n) is 5.59. The second-order valence-electron chi connectivity index (χ2n) is 3.93. The number of aryl methyl sites for hydroxylation is 1. The van der Waals surface area contributed by atoms with Crippen LogP contribution in [0.3, 0.4) is 0 Å². The number of hydrogen-bond acceptors (Lipinski definition) is 2. The first kappa shape index (κ1) is 12.5. The van der Waals surface area contributed by atoms with Crippen LogP contribution in [0.15, 0.2) is 29.7 Å². The Kier molecular flexibility index (Phi) is 5.66. The standard InChI is InChI=1S/C13H20OS/c1-3-11(2)10-12(14)6-4-7-13-8-5-9-15-13/h5,8-9,12,14H,2-4,6-7,10H2,1H3. The fourth-order valence-electron chi connectivity index (χ4n) is 1.55. The molecule has 1 rings (SSSR count). The minimum absolute atomic E-state index is 0.197. The molecule has 2 heteroatoms. The zero-order valence-electron chi connectivity index (χ0n) is 9.41. The summed E-state index contributed by atoms with van der Waals surface area (Å²) in [6.45, 7) is 6.00. The molecule has 0 aliphatic carbocycles. The smallest absolute Gasteiger partial charge is 0.0577 e. The number of thiophene rings is 1. The summed E-state index contributed by atoms with van der Waals surface area (Å²) in [6.07, 6.45) is 4.59. The van der Waals surface area contributed by atoms with Gasteiger partial charge in [0.2, 0.25) is 0 Å². The molecule has 0 saturated carbocycles. The lowest BCUT2D eigenvalue weighted by atomic mass is 10.0. The van der Waals surface area contributed by atoms with Gasteiger partial charge in [-0.05, 0) is 43.6 Å². The van der Waals surface area contributed by atoms with Crippen LogP contribution in [0.25, 0.3) is 0 Å². The second kappa shape index (κ2) is 6.81. The lowest BCUT2D eigenvalue weighted by molar-refractivity contribution is 0.161. The highest BCUT2D eigenvalue weighted by Crippen LogP contribution is 2.15. The predicted octanol–water partition coefficient (Wildman–Crippen LogP) is 3.79. The fraction of sp³-hybridized carbons (Fsp3) is 0.538. The summed E-state index contributed by atoms with van der Waals surface area (Å²) in [5, 5.41) is 11.8. The molecule has 1 aromatic rings. The van der Waals surface area contributed by atoms with Crippen LogP contribution in [0.5, 0.6) is 0 Å². The van der Waals surface area contributed by atoms with Crippen molar-refractivity contribution >= 4 is 11.3 Å². The molecular weight excluding hydrogens is 204 g/mol. The van der Waals surface area contributed by atoms with Crippen LogP contribution in [0.4, 0.5) is 0 Å². The van der Waals surface area contributed by atoms with E-state index in [2.05, 4.69) is 31.0 Å². The zero-order chi connectivity index (χ0) is 11.1. The largest absolute Gasteiger partial charge is 0.393 e. The molecule has 15 heavy (non-hydrogen) atoms. The molecule has 84 valence electrons. The molecule has 0 spiro atoms. The van der Waals surface area contributed by atoms with Gasteiger partial charge in [-0.1, -0.05) is 25.1 Å². The van der Waals surface area contributed by atoms with Crippen LogP contribution in [0.1, 0.15) is 37.5 Å². The van der Waals surface area contributed by atoms with Crippen LogP contribution in [0, 0.1) is 0 Å². The average Bonchev–Trinajstić information content (AvgIpc) is 2.70. The molecule has 0 aromatic carbocycles. The van der Waals surface area contributed by atoms with E-state index in [1.54, 1.807) is 11.3 Å². The Balaban J connectivity index is 2.12. The lowest BCUT2D eigenvalue weighted by Gasteiger charge is -2.10. The Bertz CT molecular complexity index is 277. The third-order valence-electron chi connectivity index (χ3n) is 2.56. The van der Waals surface area contributed by atoms with Gasteiger partial charge in [0, 0.05) is 4.88 Å². The fourth-order valence-corrected chi connectivity index (χ4v) is 2.30. The van der Waals surface area contributed by atoms with Crippen molar-refractivity contribution in [3.63, 3.8) is 0 Å². The van der Waals surface area contributed by atoms with Crippen LogP contribution >= 0.6 is 11.3 Å². The maximum Gasteiger partial charge on any atom is 0.0577 e. The highest BCUT2D eigenvalue weighted by molar-refractivity contribution is 7.09. The van der Waals surface area contributed by atoms with Gasteiger partial charge in [0.05, 0.1) is 6.10 Å². The summed E-state index contributed by atoms with van der Waals surface area (Å²) < 4.78 is 0. The van der Waals surface area contributed by atoms with Crippen LogP contribution in [-0.2, 0) is 6.42 Å². The average molecular weight is 224 g/mol. The van der Waals surface area contributed by atoms with Crippen molar-refractivity contribution in [1.82, 2.24) is 0 Å². The van der Waals surface area contributed by atoms with Crippen LogP contribution in [-0.4, -0.2) is 11.2 Å². The van der Waals surface area contributed by atoms with Crippen LogP contribution < -0.4 is 0 Å². The molecule has 1 nitrogen and oxygen atoms in total. The molecule has 0 aliphatic heterocycles. The molecule has 0 aliphatic rings. The number of hydrogen-bond donors (Lipinski definition) is 1. The molecule has 0 amide bonds. The summed E-state index contributed by atoms with van der Waals surface area (Å²) >= 11 is 1.79. The third kappa shape index (κ3) is 5.14.